The molecule has 0 saturated heterocycles. The molecule has 0 bridgehead atoms. The van der Waals surface area contributed by atoms with Gasteiger partial charge in [-0.2, -0.15) is 0 Å². The Labute approximate surface area is 110 Å². The third-order valence-corrected chi connectivity index (χ3v) is 4.35. The molecule has 1 rings (SSSR count). The number of aromatic nitrogens is 2. The zero-order valence-corrected chi connectivity index (χ0v) is 11.9. The molecule has 96 valence electrons. The van der Waals surface area contributed by atoms with E-state index in [1.807, 2.05) is 13.8 Å². The van der Waals surface area contributed by atoms with Gasteiger partial charge in [0.05, 0.1) is 0 Å². The Balaban J connectivity index is 2.58. The molecule has 0 aromatic carbocycles. The van der Waals surface area contributed by atoms with Gasteiger partial charge in [-0.1, -0.05) is 25.4 Å². The minimum absolute atomic E-state index is 0.185. The van der Waals surface area contributed by atoms with E-state index < -0.39 is 10.8 Å². The number of hydrogen-bond donors (Lipinski definition) is 1. The summed E-state index contributed by atoms with van der Waals surface area (Å²) in [6.07, 6.45) is 4.81. The fraction of sp³-hybridized carbons (Fsp3) is 0.636. The zero-order valence-electron chi connectivity index (χ0n) is 10.4. The van der Waals surface area contributed by atoms with Gasteiger partial charge in [-0.25, -0.2) is 9.97 Å². The van der Waals surface area contributed by atoms with Crippen molar-refractivity contribution in [2.24, 2.45) is 0 Å². The molecule has 0 aliphatic carbocycles. The third-order valence-electron chi connectivity index (χ3n) is 2.66. The van der Waals surface area contributed by atoms with Crippen LogP contribution in [0.3, 0.4) is 0 Å². The fourth-order valence-corrected chi connectivity index (χ4v) is 2.13. The summed E-state index contributed by atoms with van der Waals surface area (Å²) >= 11 is 5.98. The Kier molecular flexibility index (Phi) is 5.85. The van der Waals surface area contributed by atoms with Gasteiger partial charge in [-0.15, -0.1) is 0 Å². The topological polar surface area (TPSA) is 54.9 Å². The van der Waals surface area contributed by atoms with Gasteiger partial charge in [0, 0.05) is 34.4 Å². The number of anilines is 1. The van der Waals surface area contributed by atoms with Crippen molar-refractivity contribution in [2.45, 2.75) is 31.9 Å². The molecular formula is C11H18ClN3OS. The lowest BCUT2D eigenvalue weighted by Crippen LogP contribution is -2.16. The second kappa shape index (κ2) is 6.91. The van der Waals surface area contributed by atoms with Crippen molar-refractivity contribution >= 4 is 28.2 Å². The normalized spacial score (nSPS) is 14.4. The Hall–Kier alpha value is -0.680. The quantitative estimate of drug-likeness (QED) is 0.809. The van der Waals surface area contributed by atoms with E-state index in [1.54, 1.807) is 6.26 Å². The largest absolute Gasteiger partial charge is 0.370 e. The summed E-state index contributed by atoms with van der Waals surface area (Å²) in [5.74, 6) is 0.779. The van der Waals surface area contributed by atoms with Crippen LogP contribution in [0.1, 0.15) is 25.8 Å². The molecule has 0 saturated carbocycles. The van der Waals surface area contributed by atoms with Crippen LogP contribution >= 0.6 is 11.6 Å². The number of halogens is 1. The highest BCUT2D eigenvalue weighted by Crippen LogP contribution is 2.20. The van der Waals surface area contributed by atoms with Crippen molar-refractivity contribution in [3.8, 4) is 0 Å². The highest BCUT2D eigenvalue weighted by Gasteiger charge is 2.09. The first kappa shape index (κ1) is 14.4. The molecule has 1 aromatic heterocycles. The van der Waals surface area contributed by atoms with Gasteiger partial charge in [0.2, 0.25) is 0 Å². The third kappa shape index (κ3) is 4.24. The molecule has 0 aliphatic heterocycles. The van der Waals surface area contributed by atoms with Crippen LogP contribution < -0.4 is 5.32 Å². The van der Waals surface area contributed by atoms with Crippen LogP contribution in [0.5, 0.6) is 0 Å². The molecule has 2 unspecified atom stereocenters. The van der Waals surface area contributed by atoms with E-state index in [-0.39, 0.29) is 5.25 Å². The van der Waals surface area contributed by atoms with E-state index in [9.17, 15) is 4.21 Å². The molecule has 4 nitrogen and oxygen atoms in total. The number of nitrogens with zero attached hydrogens (tertiary/aromatic N) is 2. The summed E-state index contributed by atoms with van der Waals surface area (Å²) in [5.41, 5.74) is 0.930. The van der Waals surface area contributed by atoms with Crippen molar-refractivity contribution in [3.63, 3.8) is 0 Å². The maximum absolute atomic E-state index is 11.2. The molecule has 0 amide bonds. The number of rotatable bonds is 6. The van der Waals surface area contributed by atoms with E-state index in [2.05, 4.69) is 15.3 Å². The zero-order chi connectivity index (χ0) is 12.8. The molecule has 17 heavy (non-hydrogen) atoms. The van der Waals surface area contributed by atoms with Crippen LogP contribution in [0, 0.1) is 0 Å². The number of nitrogens with one attached hydrogen (secondary N) is 1. The molecular weight excluding hydrogens is 258 g/mol. The summed E-state index contributed by atoms with van der Waals surface area (Å²) in [4.78, 5) is 8.12. The van der Waals surface area contributed by atoms with Crippen molar-refractivity contribution in [2.75, 3.05) is 18.1 Å². The molecule has 1 aromatic rings. The van der Waals surface area contributed by atoms with Crippen molar-refractivity contribution in [1.82, 2.24) is 9.97 Å². The molecule has 1 heterocycles. The van der Waals surface area contributed by atoms with Crippen molar-refractivity contribution in [1.29, 1.82) is 0 Å². The van der Waals surface area contributed by atoms with Gasteiger partial charge in [-0.05, 0) is 12.8 Å². The van der Waals surface area contributed by atoms with Gasteiger partial charge in [0.15, 0.2) is 0 Å². The maximum atomic E-state index is 11.2. The SMILES string of the molecule is CCc1c(Cl)ncnc1NCCC(C)S(C)=O. The molecule has 1 N–H and O–H groups in total. The van der Waals surface area contributed by atoms with Crippen LogP contribution in [0.15, 0.2) is 6.33 Å². The Morgan fingerprint density at radius 3 is 2.82 bits per heavy atom. The van der Waals surface area contributed by atoms with Gasteiger partial charge >= 0.3 is 0 Å². The minimum atomic E-state index is -0.779. The fourth-order valence-electron chi connectivity index (χ4n) is 1.42. The lowest BCUT2D eigenvalue weighted by atomic mass is 10.2. The van der Waals surface area contributed by atoms with Crippen molar-refractivity contribution in [3.05, 3.63) is 17.0 Å². The monoisotopic (exact) mass is 275 g/mol. The lowest BCUT2D eigenvalue weighted by molar-refractivity contribution is 0.672. The summed E-state index contributed by atoms with van der Waals surface area (Å²) in [5, 5.41) is 3.90. The lowest BCUT2D eigenvalue weighted by Gasteiger charge is -2.12. The van der Waals surface area contributed by atoms with Gasteiger partial charge in [0.1, 0.15) is 17.3 Å². The molecule has 0 fully saturated rings. The molecule has 0 radical (unpaired) electrons. The number of hydrogen-bond acceptors (Lipinski definition) is 4. The first-order valence-corrected chi connectivity index (χ1v) is 7.61. The van der Waals surface area contributed by atoms with Gasteiger partial charge in [0.25, 0.3) is 0 Å². The smallest absolute Gasteiger partial charge is 0.137 e. The first-order valence-electron chi connectivity index (χ1n) is 5.61. The summed E-state index contributed by atoms with van der Waals surface area (Å²) < 4.78 is 11.2. The van der Waals surface area contributed by atoms with Gasteiger partial charge < -0.3 is 5.32 Å². The Morgan fingerprint density at radius 1 is 1.53 bits per heavy atom. The Morgan fingerprint density at radius 2 is 2.24 bits per heavy atom. The van der Waals surface area contributed by atoms with Crippen molar-refractivity contribution < 1.29 is 4.21 Å². The Bertz CT molecular complexity index is 400. The van der Waals surface area contributed by atoms with Crippen LogP contribution in [0.25, 0.3) is 0 Å². The van der Waals surface area contributed by atoms with E-state index in [0.717, 1.165) is 30.8 Å². The molecule has 0 spiro atoms. The second-order valence-corrected chi connectivity index (χ2v) is 6.03. The average Bonchev–Trinajstić information content (AvgIpc) is 2.29. The first-order chi connectivity index (χ1) is 8.06. The maximum Gasteiger partial charge on any atom is 0.137 e. The summed E-state index contributed by atoms with van der Waals surface area (Å²) in [6.45, 7) is 4.73. The van der Waals surface area contributed by atoms with E-state index >= 15 is 0 Å². The van der Waals surface area contributed by atoms with Crippen LogP contribution in [-0.2, 0) is 17.2 Å². The molecule has 2 atom stereocenters. The molecule has 0 aliphatic rings. The second-order valence-electron chi connectivity index (χ2n) is 3.87. The highest BCUT2D eigenvalue weighted by atomic mass is 35.5. The van der Waals surface area contributed by atoms with E-state index in [4.69, 9.17) is 11.6 Å². The van der Waals surface area contributed by atoms with Crippen LogP contribution in [0.4, 0.5) is 5.82 Å². The van der Waals surface area contributed by atoms with Crippen LogP contribution in [0.2, 0.25) is 5.15 Å². The molecule has 6 heteroatoms. The standard InChI is InChI=1S/C11H18ClN3OS/c1-4-9-10(12)14-7-15-11(9)13-6-5-8(2)17(3)16/h7-8H,4-6H2,1-3H3,(H,13,14,15). The predicted molar refractivity (Wildman–Crippen MR) is 73.1 cm³/mol. The van der Waals surface area contributed by atoms with E-state index in [1.165, 1.54) is 6.33 Å². The highest BCUT2D eigenvalue weighted by molar-refractivity contribution is 7.84. The average molecular weight is 276 g/mol. The summed E-state index contributed by atoms with van der Waals surface area (Å²) in [7, 11) is -0.779. The predicted octanol–water partition coefficient (Wildman–Crippen LogP) is 2.26. The summed E-state index contributed by atoms with van der Waals surface area (Å²) in [6, 6.07) is 0. The van der Waals surface area contributed by atoms with Gasteiger partial charge in [-0.3, -0.25) is 4.21 Å². The van der Waals surface area contributed by atoms with E-state index in [0.29, 0.717) is 5.15 Å². The minimum Gasteiger partial charge on any atom is -0.370 e. The van der Waals surface area contributed by atoms with Crippen LogP contribution in [-0.4, -0.2) is 32.2 Å².